The highest BCUT2D eigenvalue weighted by Crippen LogP contribution is 2.24. The van der Waals surface area contributed by atoms with Crippen molar-refractivity contribution < 1.29 is 14.0 Å². The highest BCUT2D eigenvalue weighted by molar-refractivity contribution is 5.95. The monoisotopic (exact) mass is 391 g/mol. The summed E-state index contributed by atoms with van der Waals surface area (Å²) in [5.74, 6) is -0.935. The Morgan fingerprint density at radius 2 is 1.93 bits per heavy atom. The first-order valence-corrected chi connectivity index (χ1v) is 8.71. The van der Waals surface area contributed by atoms with Gasteiger partial charge in [-0.15, -0.1) is 12.4 Å². The maximum Gasteiger partial charge on any atom is 0.251 e. The molecule has 3 rings (SSSR count). The molecule has 3 N–H and O–H groups in total. The molecule has 7 heteroatoms. The van der Waals surface area contributed by atoms with Crippen molar-refractivity contribution in [2.75, 3.05) is 11.9 Å². The fourth-order valence-corrected chi connectivity index (χ4v) is 3.06. The van der Waals surface area contributed by atoms with Gasteiger partial charge < -0.3 is 16.0 Å². The molecule has 27 heavy (non-hydrogen) atoms. The van der Waals surface area contributed by atoms with Crippen molar-refractivity contribution in [3.8, 4) is 0 Å². The second kappa shape index (κ2) is 9.48. The molecule has 1 heterocycles. The molecule has 1 aliphatic rings. The molecule has 0 bridgehead atoms. The van der Waals surface area contributed by atoms with Crippen LogP contribution < -0.4 is 16.0 Å². The van der Waals surface area contributed by atoms with E-state index in [0.717, 1.165) is 12.1 Å². The van der Waals surface area contributed by atoms with Crippen LogP contribution in [0, 0.1) is 5.82 Å². The number of halogens is 2. The zero-order chi connectivity index (χ0) is 18.5. The summed E-state index contributed by atoms with van der Waals surface area (Å²) in [5, 5.41) is 8.59. The van der Waals surface area contributed by atoms with Crippen molar-refractivity contribution in [2.45, 2.75) is 32.4 Å². The van der Waals surface area contributed by atoms with Crippen LogP contribution in [-0.4, -0.2) is 24.4 Å². The van der Waals surface area contributed by atoms with Crippen LogP contribution in [0.1, 0.15) is 34.8 Å². The highest BCUT2D eigenvalue weighted by atomic mass is 35.5. The van der Waals surface area contributed by atoms with E-state index in [-0.39, 0.29) is 48.2 Å². The van der Waals surface area contributed by atoms with Gasteiger partial charge in [0.05, 0.1) is 5.69 Å². The molecule has 1 aliphatic heterocycles. The Labute approximate surface area is 164 Å². The quantitative estimate of drug-likeness (QED) is 0.733. The van der Waals surface area contributed by atoms with Crippen molar-refractivity contribution in [2.24, 2.45) is 0 Å². The van der Waals surface area contributed by atoms with E-state index in [0.29, 0.717) is 24.1 Å². The summed E-state index contributed by atoms with van der Waals surface area (Å²) in [6.07, 6.45) is 0.672. The molecule has 5 nitrogen and oxygen atoms in total. The van der Waals surface area contributed by atoms with Gasteiger partial charge in [0.2, 0.25) is 5.91 Å². The summed E-state index contributed by atoms with van der Waals surface area (Å²) < 4.78 is 14.6. The highest BCUT2D eigenvalue weighted by Gasteiger charge is 2.19. The van der Waals surface area contributed by atoms with Crippen LogP contribution in [0.3, 0.4) is 0 Å². The van der Waals surface area contributed by atoms with Gasteiger partial charge in [-0.3, -0.25) is 9.59 Å². The third-order valence-electron chi connectivity index (χ3n) is 4.39. The summed E-state index contributed by atoms with van der Waals surface area (Å²) in [6, 6.07) is 11.9. The van der Waals surface area contributed by atoms with Gasteiger partial charge in [-0.05, 0) is 49.2 Å². The number of anilines is 1. The molecule has 0 spiro atoms. The normalized spacial score (nSPS) is 13.7. The fourth-order valence-electron chi connectivity index (χ4n) is 3.06. The predicted octanol–water partition coefficient (Wildman–Crippen LogP) is 3.04. The van der Waals surface area contributed by atoms with E-state index in [4.69, 9.17) is 0 Å². The van der Waals surface area contributed by atoms with Gasteiger partial charge in [0.1, 0.15) is 5.82 Å². The minimum atomic E-state index is -0.368. The van der Waals surface area contributed by atoms with E-state index in [1.165, 1.54) is 0 Å². The van der Waals surface area contributed by atoms with E-state index in [2.05, 4.69) is 16.0 Å². The van der Waals surface area contributed by atoms with Crippen molar-refractivity contribution in [3.63, 3.8) is 0 Å². The zero-order valence-corrected chi connectivity index (χ0v) is 15.9. The van der Waals surface area contributed by atoms with Crippen LogP contribution in [0.5, 0.6) is 0 Å². The van der Waals surface area contributed by atoms with Crippen molar-refractivity contribution in [3.05, 3.63) is 65.0 Å². The van der Waals surface area contributed by atoms with E-state index < -0.39 is 0 Å². The third kappa shape index (κ3) is 5.28. The minimum Gasteiger partial charge on any atom is -0.349 e. The van der Waals surface area contributed by atoms with Crippen LogP contribution in [-0.2, 0) is 17.8 Å². The predicted molar refractivity (Wildman–Crippen MR) is 106 cm³/mol. The van der Waals surface area contributed by atoms with Gasteiger partial charge in [-0.1, -0.05) is 24.3 Å². The SMILES string of the molecule is CC(CC(=O)Nc1ccc2c(c1F)CCNC2)NC(=O)c1ccccc1.Cl. The summed E-state index contributed by atoms with van der Waals surface area (Å²) in [6.45, 7) is 3.11. The smallest absolute Gasteiger partial charge is 0.251 e. The average Bonchev–Trinajstić information content (AvgIpc) is 2.65. The van der Waals surface area contributed by atoms with Crippen LogP contribution in [0.2, 0.25) is 0 Å². The molecule has 0 aromatic heterocycles. The lowest BCUT2D eigenvalue weighted by atomic mass is 9.99. The number of fused-ring (bicyclic) bond motifs is 1. The Bertz CT molecular complexity index is 814. The number of carbonyl (C=O) groups is 2. The number of rotatable bonds is 5. The Morgan fingerprint density at radius 1 is 1.19 bits per heavy atom. The summed E-state index contributed by atoms with van der Waals surface area (Å²) in [7, 11) is 0. The second-order valence-electron chi connectivity index (χ2n) is 6.48. The Hall–Kier alpha value is -2.44. The lowest BCUT2D eigenvalue weighted by Crippen LogP contribution is -2.35. The van der Waals surface area contributed by atoms with Crippen molar-refractivity contribution in [1.29, 1.82) is 0 Å². The molecular weight excluding hydrogens is 369 g/mol. The first-order chi connectivity index (χ1) is 12.5. The van der Waals surface area contributed by atoms with Crippen molar-refractivity contribution in [1.82, 2.24) is 10.6 Å². The molecule has 0 radical (unpaired) electrons. The molecule has 2 aromatic rings. The number of hydrogen-bond donors (Lipinski definition) is 3. The lowest BCUT2D eigenvalue weighted by molar-refractivity contribution is -0.116. The van der Waals surface area contributed by atoms with Gasteiger partial charge >= 0.3 is 0 Å². The number of amides is 2. The molecule has 1 atom stereocenters. The number of carbonyl (C=O) groups excluding carboxylic acids is 2. The fraction of sp³-hybridized carbons (Fsp3) is 0.300. The molecular formula is C20H23ClFN3O2. The zero-order valence-electron chi connectivity index (χ0n) is 15.0. The van der Waals surface area contributed by atoms with Gasteiger partial charge in [0.25, 0.3) is 5.91 Å². The molecule has 2 amide bonds. The number of hydrogen-bond acceptors (Lipinski definition) is 3. The molecule has 2 aromatic carbocycles. The van der Waals surface area contributed by atoms with Gasteiger partial charge in [0.15, 0.2) is 0 Å². The van der Waals surface area contributed by atoms with E-state index in [9.17, 15) is 14.0 Å². The average molecular weight is 392 g/mol. The lowest BCUT2D eigenvalue weighted by Gasteiger charge is -2.20. The molecule has 0 saturated carbocycles. The Balaban J connectivity index is 0.00000261. The van der Waals surface area contributed by atoms with Crippen LogP contribution in [0.15, 0.2) is 42.5 Å². The van der Waals surface area contributed by atoms with Gasteiger partial charge in [-0.25, -0.2) is 4.39 Å². The number of nitrogens with one attached hydrogen (secondary N) is 3. The largest absolute Gasteiger partial charge is 0.349 e. The summed E-state index contributed by atoms with van der Waals surface area (Å²) >= 11 is 0. The van der Waals surface area contributed by atoms with Crippen LogP contribution in [0.4, 0.5) is 10.1 Å². The summed E-state index contributed by atoms with van der Waals surface area (Å²) in [4.78, 5) is 24.3. The first-order valence-electron chi connectivity index (χ1n) is 8.71. The van der Waals surface area contributed by atoms with E-state index in [1.807, 2.05) is 12.1 Å². The molecule has 0 saturated heterocycles. The maximum atomic E-state index is 14.6. The summed E-state index contributed by atoms with van der Waals surface area (Å²) in [5.41, 5.74) is 2.31. The van der Waals surface area contributed by atoms with Crippen molar-refractivity contribution >= 4 is 29.9 Å². The molecule has 144 valence electrons. The molecule has 1 unspecified atom stereocenters. The topological polar surface area (TPSA) is 70.2 Å². The van der Waals surface area contributed by atoms with E-state index in [1.54, 1.807) is 37.3 Å². The van der Waals surface area contributed by atoms with Gasteiger partial charge in [-0.2, -0.15) is 0 Å². The number of benzene rings is 2. The third-order valence-corrected chi connectivity index (χ3v) is 4.39. The Kier molecular flexibility index (Phi) is 7.33. The van der Waals surface area contributed by atoms with Crippen LogP contribution in [0.25, 0.3) is 0 Å². The Morgan fingerprint density at radius 3 is 2.67 bits per heavy atom. The molecule has 0 fully saturated rings. The first kappa shape index (κ1) is 20.9. The second-order valence-corrected chi connectivity index (χ2v) is 6.48. The maximum absolute atomic E-state index is 14.6. The van der Waals surface area contributed by atoms with Gasteiger partial charge in [0, 0.05) is 24.6 Å². The standard InChI is InChI=1S/C20H22FN3O2.ClH/c1-13(23-20(26)14-5-3-2-4-6-14)11-18(25)24-17-8-7-15-12-22-10-9-16(15)19(17)21;/h2-8,13,22H,9-12H2,1H3,(H,23,26)(H,24,25);1H. The van der Waals surface area contributed by atoms with E-state index >= 15 is 0 Å². The molecule has 0 aliphatic carbocycles. The minimum absolute atomic E-state index is 0. The van der Waals surface area contributed by atoms with Crippen LogP contribution >= 0.6 is 12.4 Å².